The maximum absolute atomic E-state index is 13.3. The van der Waals surface area contributed by atoms with Gasteiger partial charge in [0, 0.05) is 26.1 Å². The molecule has 0 radical (unpaired) electrons. The van der Waals surface area contributed by atoms with Gasteiger partial charge in [0.25, 0.3) is 0 Å². The third-order valence-electron chi connectivity index (χ3n) is 6.61. The topological polar surface area (TPSA) is 47.3 Å². The summed E-state index contributed by atoms with van der Waals surface area (Å²) in [4.78, 5) is 17.1. The van der Waals surface area contributed by atoms with Gasteiger partial charge in [0.05, 0.1) is 11.6 Å². The molecule has 32 heavy (non-hydrogen) atoms. The van der Waals surface area contributed by atoms with Crippen LogP contribution in [0.1, 0.15) is 42.0 Å². The zero-order valence-corrected chi connectivity index (χ0v) is 18.6. The fourth-order valence-electron chi connectivity index (χ4n) is 4.75. The van der Waals surface area contributed by atoms with Gasteiger partial charge >= 0.3 is 0 Å². The first-order valence-corrected chi connectivity index (χ1v) is 11.1. The third kappa shape index (κ3) is 4.81. The van der Waals surface area contributed by atoms with Gasteiger partial charge in [-0.2, -0.15) is 5.26 Å². The molecule has 0 bridgehead atoms. The normalized spacial score (nSPS) is 18.9. The average Bonchev–Trinajstić information content (AvgIpc) is 2.80. The zero-order valence-electron chi connectivity index (χ0n) is 18.6. The summed E-state index contributed by atoms with van der Waals surface area (Å²) in [7, 11) is 3.92. The molecular formula is C27H28FN3O. The molecule has 1 saturated heterocycles. The van der Waals surface area contributed by atoms with Crippen molar-refractivity contribution in [3.63, 3.8) is 0 Å². The Hall–Kier alpha value is -3.23. The van der Waals surface area contributed by atoms with Crippen LogP contribution in [0.5, 0.6) is 0 Å². The van der Waals surface area contributed by atoms with Crippen molar-refractivity contribution in [1.29, 1.82) is 5.26 Å². The fraction of sp³-hybridized carbons (Fsp3) is 0.333. The molecule has 1 fully saturated rings. The molecule has 4 nitrogen and oxygen atoms in total. The van der Waals surface area contributed by atoms with Crippen molar-refractivity contribution in [2.24, 2.45) is 5.92 Å². The van der Waals surface area contributed by atoms with E-state index in [-0.39, 0.29) is 17.8 Å². The number of benzene rings is 3. The smallest absolute Gasteiger partial charge is 0.222 e. The van der Waals surface area contributed by atoms with Gasteiger partial charge < -0.3 is 4.90 Å². The number of carbonyl (C=O) groups excluding carboxylic acids is 1. The van der Waals surface area contributed by atoms with E-state index in [9.17, 15) is 14.4 Å². The Labute approximate surface area is 188 Å². The molecule has 5 heteroatoms. The first kappa shape index (κ1) is 22.0. The van der Waals surface area contributed by atoms with Gasteiger partial charge in [0.2, 0.25) is 5.91 Å². The molecule has 4 rings (SSSR count). The summed E-state index contributed by atoms with van der Waals surface area (Å²) >= 11 is 0. The van der Waals surface area contributed by atoms with Crippen molar-refractivity contribution >= 4 is 16.7 Å². The van der Waals surface area contributed by atoms with Crippen LogP contribution in [0.15, 0.2) is 60.7 Å². The Kier molecular flexibility index (Phi) is 6.53. The molecule has 2 atom stereocenters. The second-order valence-electron chi connectivity index (χ2n) is 8.86. The lowest BCUT2D eigenvalue weighted by molar-refractivity contribution is -0.131. The lowest BCUT2D eigenvalue weighted by atomic mass is 9.85. The average molecular weight is 430 g/mol. The number of hydrogen-bond acceptors (Lipinski definition) is 3. The van der Waals surface area contributed by atoms with E-state index >= 15 is 0 Å². The number of fused-ring (bicyclic) bond motifs is 1. The summed E-state index contributed by atoms with van der Waals surface area (Å²) in [6.07, 6.45) is 2.35. The van der Waals surface area contributed by atoms with Crippen LogP contribution in [0.2, 0.25) is 0 Å². The molecule has 1 amide bonds. The molecule has 2 unspecified atom stereocenters. The molecule has 0 aliphatic carbocycles. The Balaban J connectivity index is 1.44. The molecule has 0 aromatic heterocycles. The van der Waals surface area contributed by atoms with Crippen molar-refractivity contribution in [2.75, 3.05) is 20.6 Å². The van der Waals surface area contributed by atoms with Crippen LogP contribution < -0.4 is 0 Å². The van der Waals surface area contributed by atoms with E-state index in [1.807, 2.05) is 55.6 Å². The van der Waals surface area contributed by atoms with Gasteiger partial charge in [0.15, 0.2) is 0 Å². The molecule has 1 aliphatic heterocycles. The zero-order chi connectivity index (χ0) is 22.7. The summed E-state index contributed by atoms with van der Waals surface area (Å²) in [6.45, 7) is 1.39. The number of amides is 1. The van der Waals surface area contributed by atoms with Gasteiger partial charge in [-0.3, -0.25) is 9.69 Å². The summed E-state index contributed by atoms with van der Waals surface area (Å²) in [5.41, 5.74) is 2.69. The monoisotopic (exact) mass is 429 g/mol. The van der Waals surface area contributed by atoms with Crippen LogP contribution in [0.3, 0.4) is 0 Å². The maximum atomic E-state index is 13.3. The van der Waals surface area contributed by atoms with Gasteiger partial charge in [-0.25, -0.2) is 4.39 Å². The highest BCUT2D eigenvalue weighted by molar-refractivity contribution is 5.87. The highest BCUT2D eigenvalue weighted by Crippen LogP contribution is 2.35. The van der Waals surface area contributed by atoms with Gasteiger partial charge in [-0.15, -0.1) is 0 Å². The molecule has 0 spiro atoms. The standard InChI is InChI=1S/C27H28FN3O/c1-30-12-11-19(15-26(30)21-7-9-24(28)10-8-21)16-27(32)31(2)18-23-14-20(17-29)13-22-5-3-4-6-25(22)23/h3-10,13-14,19,26H,11-12,15-16,18H2,1-2H3. The molecule has 1 heterocycles. The van der Waals surface area contributed by atoms with Gasteiger partial charge in [-0.05, 0) is 78.5 Å². The van der Waals surface area contributed by atoms with E-state index in [0.29, 0.717) is 24.4 Å². The first-order valence-electron chi connectivity index (χ1n) is 11.1. The molecule has 1 aliphatic rings. The van der Waals surface area contributed by atoms with Crippen LogP contribution in [0, 0.1) is 23.1 Å². The number of piperidine rings is 1. The number of hydrogen-bond donors (Lipinski definition) is 0. The Morgan fingerprint density at radius 2 is 1.94 bits per heavy atom. The fourth-order valence-corrected chi connectivity index (χ4v) is 4.75. The molecule has 3 aromatic rings. The molecule has 0 N–H and O–H groups in total. The van der Waals surface area contributed by atoms with Gasteiger partial charge in [-0.1, -0.05) is 36.4 Å². The summed E-state index contributed by atoms with van der Waals surface area (Å²) in [5.74, 6) is 0.177. The number of rotatable bonds is 5. The van der Waals surface area contributed by atoms with Crippen LogP contribution >= 0.6 is 0 Å². The second-order valence-corrected chi connectivity index (χ2v) is 8.86. The van der Waals surface area contributed by atoms with Crippen LogP contribution in [0.4, 0.5) is 4.39 Å². The minimum atomic E-state index is -0.228. The minimum Gasteiger partial charge on any atom is -0.341 e. The van der Waals surface area contributed by atoms with Crippen LogP contribution in [-0.2, 0) is 11.3 Å². The number of halogens is 1. The van der Waals surface area contributed by atoms with E-state index in [1.165, 1.54) is 12.1 Å². The van der Waals surface area contributed by atoms with Gasteiger partial charge in [0.1, 0.15) is 5.82 Å². The summed E-state index contributed by atoms with van der Waals surface area (Å²) in [6, 6.07) is 20.9. The number of likely N-dealkylation sites (tertiary alicyclic amines) is 1. The van der Waals surface area contributed by atoms with E-state index < -0.39 is 0 Å². The Morgan fingerprint density at radius 1 is 1.19 bits per heavy atom. The molecular weight excluding hydrogens is 401 g/mol. The number of nitriles is 1. The van der Waals surface area contributed by atoms with Crippen molar-refractivity contribution in [1.82, 2.24) is 9.80 Å². The van der Waals surface area contributed by atoms with E-state index in [2.05, 4.69) is 18.0 Å². The van der Waals surface area contributed by atoms with Crippen molar-refractivity contribution in [3.05, 3.63) is 83.2 Å². The number of carbonyl (C=O) groups is 1. The maximum Gasteiger partial charge on any atom is 0.222 e. The largest absolute Gasteiger partial charge is 0.341 e. The predicted molar refractivity (Wildman–Crippen MR) is 124 cm³/mol. The Morgan fingerprint density at radius 3 is 2.69 bits per heavy atom. The Bertz CT molecular complexity index is 1150. The third-order valence-corrected chi connectivity index (χ3v) is 6.61. The van der Waals surface area contributed by atoms with Crippen molar-refractivity contribution < 1.29 is 9.18 Å². The predicted octanol–water partition coefficient (Wildman–Crippen LogP) is 5.28. The molecule has 164 valence electrons. The quantitative estimate of drug-likeness (QED) is 0.554. The highest BCUT2D eigenvalue weighted by Gasteiger charge is 2.29. The van der Waals surface area contributed by atoms with Crippen LogP contribution in [0.25, 0.3) is 10.8 Å². The second kappa shape index (κ2) is 9.50. The van der Waals surface area contributed by atoms with Crippen molar-refractivity contribution in [3.8, 4) is 6.07 Å². The first-order chi connectivity index (χ1) is 15.4. The lowest BCUT2D eigenvalue weighted by Crippen LogP contribution is -2.36. The summed E-state index contributed by atoms with van der Waals surface area (Å²) in [5, 5.41) is 11.5. The minimum absolute atomic E-state index is 0.115. The molecule has 0 saturated carbocycles. The SMILES string of the molecule is CN(Cc1cc(C#N)cc2ccccc12)C(=O)CC1CCN(C)C(c2ccc(F)cc2)C1. The van der Waals surface area contributed by atoms with E-state index in [0.717, 1.165) is 41.3 Å². The van der Waals surface area contributed by atoms with Crippen molar-refractivity contribution in [2.45, 2.75) is 31.8 Å². The van der Waals surface area contributed by atoms with Crippen LogP contribution in [-0.4, -0.2) is 36.3 Å². The highest BCUT2D eigenvalue weighted by atomic mass is 19.1. The molecule has 3 aromatic carbocycles. The van der Waals surface area contributed by atoms with E-state index in [4.69, 9.17) is 0 Å². The number of nitrogens with zero attached hydrogens (tertiary/aromatic N) is 3. The lowest BCUT2D eigenvalue weighted by Gasteiger charge is -2.37. The van der Waals surface area contributed by atoms with E-state index in [1.54, 1.807) is 4.90 Å². The summed E-state index contributed by atoms with van der Waals surface area (Å²) < 4.78 is 13.3.